The van der Waals surface area contributed by atoms with Crippen LogP contribution in [-0.4, -0.2) is 41.7 Å². The Labute approximate surface area is 118 Å². The lowest BCUT2D eigenvalue weighted by molar-refractivity contribution is 0.0689. The molecule has 0 aromatic carbocycles. The zero-order chi connectivity index (χ0) is 15.0. The summed E-state index contributed by atoms with van der Waals surface area (Å²) in [6.07, 6.45) is 1.99. The summed E-state index contributed by atoms with van der Waals surface area (Å²) in [7, 11) is 0. The van der Waals surface area contributed by atoms with E-state index in [9.17, 15) is 9.59 Å². The van der Waals surface area contributed by atoms with Gasteiger partial charge < -0.3 is 15.2 Å². The van der Waals surface area contributed by atoms with Gasteiger partial charge in [0.25, 0.3) is 5.91 Å². The number of hydrogen-bond acceptors (Lipinski definition) is 4. The summed E-state index contributed by atoms with van der Waals surface area (Å²) < 4.78 is 5.40. The molecule has 0 aliphatic rings. The van der Waals surface area contributed by atoms with E-state index in [2.05, 4.69) is 24.1 Å². The molecule has 0 unspecified atom stereocenters. The van der Waals surface area contributed by atoms with Gasteiger partial charge in [-0.05, 0) is 24.5 Å². The summed E-state index contributed by atoms with van der Waals surface area (Å²) >= 11 is 0. The maximum Gasteiger partial charge on any atom is 0.354 e. The smallest absolute Gasteiger partial charge is 0.354 e. The van der Waals surface area contributed by atoms with Gasteiger partial charge in [0.2, 0.25) is 0 Å². The predicted molar refractivity (Wildman–Crippen MR) is 73.8 cm³/mol. The van der Waals surface area contributed by atoms with Gasteiger partial charge in [-0.25, -0.2) is 9.78 Å². The first-order chi connectivity index (χ1) is 9.50. The summed E-state index contributed by atoms with van der Waals surface area (Å²) in [5.74, 6) is -0.874. The van der Waals surface area contributed by atoms with Crippen molar-refractivity contribution in [3.8, 4) is 0 Å². The Kier molecular flexibility index (Phi) is 6.66. The lowest BCUT2D eigenvalue weighted by Gasteiger charge is -2.07. The minimum atomic E-state index is -1.11. The largest absolute Gasteiger partial charge is 0.477 e. The van der Waals surface area contributed by atoms with Gasteiger partial charge in [0.05, 0.1) is 5.56 Å². The molecule has 0 saturated heterocycles. The van der Waals surface area contributed by atoms with Crippen molar-refractivity contribution in [3.05, 3.63) is 29.6 Å². The van der Waals surface area contributed by atoms with E-state index in [0.717, 1.165) is 6.42 Å². The second-order valence-electron chi connectivity index (χ2n) is 4.82. The molecule has 0 spiro atoms. The van der Waals surface area contributed by atoms with Gasteiger partial charge in [0.1, 0.15) is 5.69 Å². The van der Waals surface area contributed by atoms with Crippen LogP contribution < -0.4 is 5.32 Å². The molecule has 6 heteroatoms. The van der Waals surface area contributed by atoms with Gasteiger partial charge in [0, 0.05) is 26.0 Å². The molecular formula is C14H20N2O4. The second-order valence-corrected chi connectivity index (χ2v) is 4.82. The second kappa shape index (κ2) is 8.27. The van der Waals surface area contributed by atoms with E-state index in [0.29, 0.717) is 31.2 Å². The molecule has 0 aliphatic heterocycles. The summed E-state index contributed by atoms with van der Waals surface area (Å²) in [5.41, 5.74) is 0.265. The lowest BCUT2D eigenvalue weighted by atomic mass is 10.2. The van der Waals surface area contributed by atoms with Crippen molar-refractivity contribution >= 4 is 11.9 Å². The number of carbonyl (C=O) groups is 2. The van der Waals surface area contributed by atoms with E-state index < -0.39 is 5.97 Å². The fraction of sp³-hybridized carbons (Fsp3) is 0.500. The summed E-state index contributed by atoms with van der Waals surface area (Å²) in [6, 6.07) is 2.75. The highest BCUT2D eigenvalue weighted by Gasteiger charge is 2.08. The van der Waals surface area contributed by atoms with Gasteiger partial charge in [0.15, 0.2) is 0 Å². The Bertz CT molecular complexity index is 443. The van der Waals surface area contributed by atoms with Crippen LogP contribution in [0.3, 0.4) is 0 Å². The first-order valence-corrected chi connectivity index (χ1v) is 6.56. The van der Waals surface area contributed by atoms with Crippen molar-refractivity contribution < 1.29 is 19.4 Å². The molecule has 0 saturated carbocycles. The van der Waals surface area contributed by atoms with Gasteiger partial charge >= 0.3 is 5.97 Å². The molecule has 1 amide bonds. The number of ether oxygens (including phenoxy) is 1. The van der Waals surface area contributed by atoms with Crippen LogP contribution in [0.5, 0.6) is 0 Å². The van der Waals surface area contributed by atoms with Crippen LogP contribution in [0.1, 0.15) is 41.1 Å². The minimum absolute atomic E-state index is 0.0800. The van der Waals surface area contributed by atoms with Crippen molar-refractivity contribution in [2.24, 2.45) is 5.92 Å². The molecule has 1 aromatic heterocycles. The normalized spacial score (nSPS) is 10.6. The number of carboxylic acid groups (broad SMARTS) is 1. The molecule has 1 heterocycles. The van der Waals surface area contributed by atoms with Crippen molar-refractivity contribution in [2.45, 2.75) is 20.3 Å². The zero-order valence-electron chi connectivity index (χ0n) is 11.8. The first kappa shape index (κ1) is 16.1. The van der Waals surface area contributed by atoms with Crippen molar-refractivity contribution in [2.75, 3.05) is 19.8 Å². The van der Waals surface area contributed by atoms with Crippen LogP contribution in [0.2, 0.25) is 0 Å². The van der Waals surface area contributed by atoms with E-state index in [1.165, 1.54) is 18.3 Å². The van der Waals surface area contributed by atoms with Gasteiger partial charge in [-0.2, -0.15) is 0 Å². The predicted octanol–water partition coefficient (Wildman–Crippen LogP) is 1.57. The van der Waals surface area contributed by atoms with E-state index in [1.54, 1.807) is 0 Å². The molecule has 0 aliphatic carbocycles. The molecule has 20 heavy (non-hydrogen) atoms. The number of amides is 1. The Balaban J connectivity index is 2.27. The van der Waals surface area contributed by atoms with Gasteiger partial charge in [-0.15, -0.1) is 0 Å². The standard InChI is InChI=1S/C14H20N2O4/c1-10(2)9-20-7-3-6-15-13(17)11-4-5-12(14(18)19)16-8-11/h4-5,8,10H,3,6-7,9H2,1-2H3,(H,15,17)(H,18,19). The van der Waals surface area contributed by atoms with Crippen LogP contribution in [0.25, 0.3) is 0 Å². The number of nitrogens with zero attached hydrogens (tertiary/aromatic N) is 1. The maximum atomic E-state index is 11.7. The van der Waals surface area contributed by atoms with Gasteiger partial charge in [-0.3, -0.25) is 4.79 Å². The highest BCUT2D eigenvalue weighted by Crippen LogP contribution is 2.00. The zero-order valence-corrected chi connectivity index (χ0v) is 11.8. The molecule has 0 fully saturated rings. The fourth-order valence-electron chi connectivity index (χ4n) is 1.45. The quantitative estimate of drug-likeness (QED) is 0.706. The number of nitrogens with one attached hydrogen (secondary N) is 1. The number of hydrogen-bond donors (Lipinski definition) is 2. The van der Waals surface area contributed by atoms with Crippen molar-refractivity contribution in [1.82, 2.24) is 10.3 Å². The Hall–Kier alpha value is -1.95. The molecule has 0 atom stereocenters. The number of pyridine rings is 1. The average Bonchev–Trinajstić information content (AvgIpc) is 2.42. The number of aromatic carboxylic acids is 1. The molecule has 110 valence electrons. The number of carboxylic acids is 1. The fourth-order valence-corrected chi connectivity index (χ4v) is 1.45. The van der Waals surface area contributed by atoms with E-state index >= 15 is 0 Å². The number of rotatable bonds is 8. The number of aromatic nitrogens is 1. The molecular weight excluding hydrogens is 260 g/mol. The third kappa shape index (κ3) is 5.79. The molecule has 0 radical (unpaired) electrons. The van der Waals surface area contributed by atoms with Crippen LogP contribution in [0.4, 0.5) is 0 Å². The van der Waals surface area contributed by atoms with Crippen LogP contribution in [0, 0.1) is 5.92 Å². The van der Waals surface area contributed by atoms with Crippen molar-refractivity contribution in [1.29, 1.82) is 0 Å². The SMILES string of the molecule is CC(C)COCCCNC(=O)c1ccc(C(=O)O)nc1. The third-order valence-corrected chi connectivity index (χ3v) is 2.45. The highest BCUT2D eigenvalue weighted by molar-refractivity contribution is 5.94. The first-order valence-electron chi connectivity index (χ1n) is 6.56. The molecule has 6 nitrogen and oxygen atoms in total. The van der Waals surface area contributed by atoms with Crippen molar-refractivity contribution in [3.63, 3.8) is 0 Å². The Morgan fingerprint density at radius 2 is 2.15 bits per heavy atom. The molecule has 1 rings (SSSR count). The van der Waals surface area contributed by atoms with E-state index in [-0.39, 0.29) is 11.6 Å². The molecule has 2 N–H and O–H groups in total. The summed E-state index contributed by atoms with van der Waals surface area (Å²) in [4.78, 5) is 26.0. The Morgan fingerprint density at radius 1 is 1.40 bits per heavy atom. The topological polar surface area (TPSA) is 88.5 Å². The van der Waals surface area contributed by atoms with E-state index in [1.807, 2.05) is 0 Å². The van der Waals surface area contributed by atoms with Crippen LogP contribution >= 0.6 is 0 Å². The van der Waals surface area contributed by atoms with Crippen LogP contribution in [0.15, 0.2) is 18.3 Å². The lowest BCUT2D eigenvalue weighted by Crippen LogP contribution is -2.25. The minimum Gasteiger partial charge on any atom is -0.477 e. The monoisotopic (exact) mass is 280 g/mol. The number of carbonyl (C=O) groups excluding carboxylic acids is 1. The molecule has 0 bridgehead atoms. The average molecular weight is 280 g/mol. The summed E-state index contributed by atoms with van der Waals surface area (Å²) in [6.45, 7) is 5.99. The Morgan fingerprint density at radius 3 is 2.70 bits per heavy atom. The highest BCUT2D eigenvalue weighted by atomic mass is 16.5. The van der Waals surface area contributed by atoms with E-state index in [4.69, 9.17) is 9.84 Å². The third-order valence-electron chi connectivity index (χ3n) is 2.45. The summed E-state index contributed by atoms with van der Waals surface area (Å²) in [5, 5.41) is 11.4. The maximum absolute atomic E-state index is 11.7. The van der Waals surface area contributed by atoms with Gasteiger partial charge in [-0.1, -0.05) is 13.8 Å². The molecule has 1 aromatic rings. The van der Waals surface area contributed by atoms with Crippen LogP contribution in [-0.2, 0) is 4.74 Å².